The molecule has 0 saturated heterocycles. The zero-order valence-electron chi connectivity index (χ0n) is 11.6. The van der Waals surface area contributed by atoms with Gasteiger partial charge in [-0.15, -0.1) is 21.5 Å². The highest BCUT2D eigenvalue weighted by Crippen LogP contribution is 2.37. The Bertz CT molecular complexity index is 661. The van der Waals surface area contributed by atoms with Crippen molar-refractivity contribution >= 4 is 29.0 Å². The molecule has 0 spiro atoms. The molecule has 2 aromatic rings. The van der Waals surface area contributed by atoms with Crippen molar-refractivity contribution < 1.29 is 4.79 Å². The van der Waals surface area contributed by atoms with Crippen LogP contribution < -0.4 is 0 Å². The van der Waals surface area contributed by atoms with Crippen LogP contribution in [0.4, 0.5) is 0 Å². The van der Waals surface area contributed by atoms with E-state index in [4.69, 9.17) is 0 Å². The molecule has 7 heteroatoms. The number of hydrogen-bond acceptors (Lipinski definition) is 5. The normalized spacial score (nSPS) is 17.8. The molecular formula is C14H16N4OS2. The molecule has 0 atom stereocenters. The molecule has 0 radical (unpaired) electrons. The number of thioether (sulfide) groups is 1. The lowest BCUT2D eigenvalue weighted by molar-refractivity contribution is -0.129. The maximum Gasteiger partial charge on any atom is 0.233 e. The van der Waals surface area contributed by atoms with Gasteiger partial charge in [0, 0.05) is 24.0 Å². The second-order valence-electron chi connectivity index (χ2n) is 5.47. The summed E-state index contributed by atoms with van der Waals surface area (Å²) in [6, 6.07) is 2.69. The number of aromatic nitrogens is 3. The zero-order chi connectivity index (χ0) is 14.2. The fourth-order valence-electron chi connectivity index (χ4n) is 2.62. The lowest BCUT2D eigenvalue weighted by Gasteiger charge is -2.26. The second-order valence-corrected chi connectivity index (χ2v) is 7.42. The third kappa shape index (κ3) is 2.72. The Morgan fingerprint density at radius 1 is 1.48 bits per heavy atom. The van der Waals surface area contributed by atoms with Gasteiger partial charge in [-0.1, -0.05) is 11.8 Å². The quantitative estimate of drug-likeness (QED) is 0.812. The van der Waals surface area contributed by atoms with E-state index in [0.717, 1.165) is 24.7 Å². The third-order valence-electron chi connectivity index (χ3n) is 3.97. The predicted octanol–water partition coefficient (Wildman–Crippen LogP) is 2.35. The molecule has 110 valence electrons. The number of hydrogen-bond donors (Lipinski definition) is 0. The largest absolute Gasteiger partial charge is 0.337 e. The molecule has 1 aliphatic carbocycles. The van der Waals surface area contributed by atoms with Gasteiger partial charge in [0.15, 0.2) is 5.16 Å². The SMILES string of the molecule is O=C(CSc1nncn1C1CC1)N1CCc2sccc2C1. The highest BCUT2D eigenvalue weighted by molar-refractivity contribution is 7.99. The van der Waals surface area contributed by atoms with Crippen LogP contribution in [0.3, 0.4) is 0 Å². The van der Waals surface area contributed by atoms with Gasteiger partial charge in [0.1, 0.15) is 6.33 Å². The van der Waals surface area contributed by atoms with Crippen LogP contribution in [0.15, 0.2) is 22.9 Å². The Kier molecular flexibility index (Phi) is 3.46. The minimum Gasteiger partial charge on any atom is -0.337 e. The molecule has 0 N–H and O–H groups in total. The number of nitrogens with zero attached hydrogens (tertiary/aromatic N) is 4. The first-order chi connectivity index (χ1) is 10.3. The lowest BCUT2D eigenvalue weighted by atomic mass is 10.1. The Morgan fingerprint density at radius 3 is 3.24 bits per heavy atom. The van der Waals surface area contributed by atoms with Crippen molar-refractivity contribution in [3.63, 3.8) is 0 Å². The van der Waals surface area contributed by atoms with Gasteiger partial charge in [-0.2, -0.15) is 0 Å². The minimum atomic E-state index is 0.196. The fourth-order valence-corrected chi connectivity index (χ4v) is 4.39. The second kappa shape index (κ2) is 5.46. The van der Waals surface area contributed by atoms with Crippen molar-refractivity contribution in [2.24, 2.45) is 0 Å². The van der Waals surface area contributed by atoms with Gasteiger partial charge in [-0.25, -0.2) is 0 Å². The number of thiophene rings is 1. The summed E-state index contributed by atoms with van der Waals surface area (Å²) in [4.78, 5) is 15.8. The van der Waals surface area contributed by atoms with Crippen molar-refractivity contribution in [2.45, 2.75) is 37.0 Å². The third-order valence-corrected chi connectivity index (χ3v) is 5.93. The Labute approximate surface area is 131 Å². The first kappa shape index (κ1) is 13.3. The molecule has 1 aliphatic heterocycles. The first-order valence-electron chi connectivity index (χ1n) is 7.16. The Morgan fingerprint density at radius 2 is 2.38 bits per heavy atom. The molecule has 3 heterocycles. The van der Waals surface area contributed by atoms with Gasteiger partial charge >= 0.3 is 0 Å². The molecule has 1 amide bonds. The van der Waals surface area contributed by atoms with Crippen LogP contribution in [0.5, 0.6) is 0 Å². The van der Waals surface area contributed by atoms with Crippen molar-refractivity contribution in [2.75, 3.05) is 12.3 Å². The number of rotatable bonds is 4. The molecule has 21 heavy (non-hydrogen) atoms. The summed E-state index contributed by atoms with van der Waals surface area (Å²) in [5.74, 6) is 0.646. The summed E-state index contributed by atoms with van der Waals surface area (Å²) < 4.78 is 2.10. The van der Waals surface area contributed by atoms with E-state index in [-0.39, 0.29) is 5.91 Å². The van der Waals surface area contributed by atoms with Gasteiger partial charge in [0.25, 0.3) is 0 Å². The van der Waals surface area contributed by atoms with Crippen LogP contribution in [0, 0.1) is 0 Å². The van der Waals surface area contributed by atoms with Gasteiger partial charge in [-0.3, -0.25) is 4.79 Å². The van der Waals surface area contributed by atoms with Crippen molar-refractivity contribution in [1.29, 1.82) is 0 Å². The van der Waals surface area contributed by atoms with Gasteiger partial charge < -0.3 is 9.47 Å². The molecule has 0 aromatic carbocycles. The lowest BCUT2D eigenvalue weighted by Crippen LogP contribution is -2.36. The number of carbonyl (C=O) groups is 1. The average Bonchev–Trinajstić information content (AvgIpc) is 3.06. The van der Waals surface area contributed by atoms with E-state index in [9.17, 15) is 4.79 Å². The highest BCUT2D eigenvalue weighted by atomic mass is 32.2. The number of fused-ring (bicyclic) bond motifs is 1. The van der Waals surface area contributed by atoms with E-state index in [0.29, 0.717) is 11.8 Å². The van der Waals surface area contributed by atoms with Gasteiger partial charge in [-0.05, 0) is 36.3 Å². The van der Waals surface area contributed by atoms with Crippen LogP contribution in [-0.4, -0.2) is 37.9 Å². The summed E-state index contributed by atoms with van der Waals surface area (Å²) >= 11 is 3.31. The van der Waals surface area contributed by atoms with E-state index in [1.54, 1.807) is 17.7 Å². The number of amides is 1. The molecule has 2 aliphatic rings. The van der Waals surface area contributed by atoms with E-state index in [1.165, 1.54) is 35.0 Å². The molecule has 0 bridgehead atoms. The van der Waals surface area contributed by atoms with E-state index < -0.39 is 0 Å². The highest BCUT2D eigenvalue weighted by Gasteiger charge is 2.27. The summed E-state index contributed by atoms with van der Waals surface area (Å²) in [6.45, 7) is 1.59. The first-order valence-corrected chi connectivity index (χ1v) is 9.03. The van der Waals surface area contributed by atoms with Crippen molar-refractivity contribution in [3.05, 3.63) is 28.2 Å². The van der Waals surface area contributed by atoms with Gasteiger partial charge in [0.05, 0.1) is 5.75 Å². The molecule has 1 saturated carbocycles. The maximum absolute atomic E-state index is 12.4. The maximum atomic E-state index is 12.4. The van der Waals surface area contributed by atoms with E-state index in [2.05, 4.69) is 26.2 Å². The van der Waals surface area contributed by atoms with Crippen LogP contribution >= 0.6 is 23.1 Å². The molecule has 2 aromatic heterocycles. The minimum absolute atomic E-state index is 0.196. The average molecular weight is 320 g/mol. The van der Waals surface area contributed by atoms with E-state index >= 15 is 0 Å². The summed E-state index contributed by atoms with van der Waals surface area (Å²) in [6.07, 6.45) is 5.17. The predicted molar refractivity (Wildman–Crippen MR) is 82.5 cm³/mol. The fraction of sp³-hybridized carbons (Fsp3) is 0.500. The smallest absolute Gasteiger partial charge is 0.233 e. The molecule has 5 nitrogen and oxygen atoms in total. The Balaban J connectivity index is 1.37. The number of carbonyl (C=O) groups excluding carboxylic acids is 1. The van der Waals surface area contributed by atoms with Crippen LogP contribution in [0.25, 0.3) is 0 Å². The van der Waals surface area contributed by atoms with Gasteiger partial charge in [0.2, 0.25) is 5.91 Å². The molecule has 0 unspecified atom stereocenters. The van der Waals surface area contributed by atoms with Crippen molar-refractivity contribution in [3.8, 4) is 0 Å². The van der Waals surface area contributed by atoms with Crippen LogP contribution in [-0.2, 0) is 17.8 Å². The van der Waals surface area contributed by atoms with Crippen molar-refractivity contribution in [1.82, 2.24) is 19.7 Å². The molecule has 1 fully saturated rings. The van der Waals surface area contributed by atoms with E-state index in [1.807, 2.05) is 4.90 Å². The monoisotopic (exact) mass is 320 g/mol. The zero-order valence-corrected chi connectivity index (χ0v) is 13.2. The molecule has 4 rings (SSSR count). The summed E-state index contributed by atoms with van der Waals surface area (Å²) in [5.41, 5.74) is 1.31. The summed E-state index contributed by atoms with van der Waals surface area (Å²) in [7, 11) is 0. The standard InChI is InChI=1S/C14H16N4OS2/c19-13(17-5-3-12-10(7-17)4-6-20-12)8-21-14-16-15-9-18(14)11-1-2-11/h4,6,9,11H,1-3,5,7-8H2. The molecular weight excluding hydrogens is 304 g/mol. The van der Waals surface area contributed by atoms with Crippen LogP contribution in [0.2, 0.25) is 0 Å². The Hall–Kier alpha value is -1.34. The summed E-state index contributed by atoms with van der Waals surface area (Å²) in [5, 5.41) is 11.1. The topological polar surface area (TPSA) is 51.0 Å². The van der Waals surface area contributed by atoms with Crippen LogP contribution in [0.1, 0.15) is 29.3 Å².